The van der Waals surface area contributed by atoms with Crippen LogP contribution in [0.25, 0.3) is 0 Å². The minimum absolute atomic E-state index is 0.0618. The second kappa shape index (κ2) is 8.75. The molecule has 3 aromatic rings. The minimum atomic E-state index is -0.0618. The molecule has 3 heterocycles. The van der Waals surface area contributed by atoms with Gasteiger partial charge in [0, 0.05) is 16.7 Å². The van der Waals surface area contributed by atoms with Gasteiger partial charge in [0.25, 0.3) is 0 Å². The highest BCUT2D eigenvalue weighted by molar-refractivity contribution is 9.10. The Hall–Kier alpha value is -2.80. The molecule has 0 saturated carbocycles. The van der Waals surface area contributed by atoms with Gasteiger partial charge in [-0.25, -0.2) is 4.98 Å². The maximum Gasteiger partial charge on any atom is 0.244 e. The van der Waals surface area contributed by atoms with Crippen molar-refractivity contribution in [2.75, 3.05) is 28.2 Å². The Kier molecular flexibility index (Phi) is 6.05. The van der Waals surface area contributed by atoms with E-state index in [9.17, 15) is 4.79 Å². The van der Waals surface area contributed by atoms with Gasteiger partial charge in [0.2, 0.25) is 5.91 Å². The molecule has 1 aliphatic heterocycles. The van der Waals surface area contributed by atoms with Crippen LogP contribution in [0.5, 0.6) is 0 Å². The van der Waals surface area contributed by atoms with Gasteiger partial charge in [-0.15, -0.1) is 0 Å². The molecule has 162 valence electrons. The van der Waals surface area contributed by atoms with E-state index in [-0.39, 0.29) is 12.5 Å². The molecule has 0 fully saturated rings. The summed E-state index contributed by atoms with van der Waals surface area (Å²) in [6.07, 6.45) is 1.68. The number of nitrogens with one attached hydrogen (secondary N) is 1. The minimum Gasteiger partial charge on any atom is -0.467 e. The number of aryl methyl sites for hydroxylation is 1. The number of benzene rings is 1. The highest BCUT2D eigenvalue weighted by Crippen LogP contribution is 2.43. The number of carbonyl (C=O) groups excluding carboxylic acids is 1. The van der Waals surface area contributed by atoms with Crippen LogP contribution in [0.1, 0.15) is 43.7 Å². The van der Waals surface area contributed by atoms with Crippen LogP contribution in [0.3, 0.4) is 0 Å². The van der Waals surface area contributed by atoms with Gasteiger partial charge < -0.3 is 19.5 Å². The number of carbonyl (C=O) groups is 1. The number of furan rings is 1. The van der Waals surface area contributed by atoms with E-state index in [1.807, 2.05) is 30.0 Å². The normalized spacial score (nSPS) is 13.4. The van der Waals surface area contributed by atoms with E-state index in [1.165, 1.54) is 5.56 Å². The van der Waals surface area contributed by atoms with E-state index in [2.05, 4.69) is 65.1 Å². The zero-order valence-electron chi connectivity index (χ0n) is 18.3. The summed E-state index contributed by atoms with van der Waals surface area (Å²) in [6, 6.07) is 12.2. The van der Waals surface area contributed by atoms with Crippen molar-refractivity contribution in [1.29, 1.82) is 0 Å². The van der Waals surface area contributed by atoms with Crippen LogP contribution in [0.15, 0.2) is 51.6 Å². The van der Waals surface area contributed by atoms with Crippen LogP contribution in [0.2, 0.25) is 0 Å². The van der Waals surface area contributed by atoms with E-state index < -0.39 is 0 Å². The number of fused-ring (bicyclic) bond motifs is 1. The molecule has 1 aromatic carbocycles. The molecule has 0 atom stereocenters. The number of amides is 1. The third-order valence-corrected chi connectivity index (χ3v) is 6.14. The van der Waals surface area contributed by atoms with E-state index in [0.717, 1.165) is 45.4 Å². The fourth-order valence-electron chi connectivity index (χ4n) is 3.86. The molecule has 0 aliphatic carbocycles. The predicted octanol–water partition coefficient (Wildman–Crippen LogP) is 5.99. The van der Waals surface area contributed by atoms with Gasteiger partial charge in [0.1, 0.15) is 18.0 Å². The fraction of sp³-hybridized carbons (Fsp3) is 0.333. The molecule has 1 aliphatic rings. The molecule has 7 heteroatoms. The average molecular weight is 483 g/mol. The number of aromatic nitrogens is 1. The van der Waals surface area contributed by atoms with Crippen molar-refractivity contribution in [1.82, 2.24) is 4.98 Å². The van der Waals surface area contributed by atoms with Gasteiger partial charge in [0.15, 0.2) is 5.82 Å². The van der Waals surface area contributed by atoms with Crippen molar-refractivity contribution < 1.29 is 9.21 Å². The van der Waals surface area contributed by atoms with Crippen molar-refractivity contribution in [3.05, 3.63) is 64.2 Å². The molecule has 2 aromatic heterocycles. The summed E-state index contributed by atoms with van der Waals surface area (Å²) in [6.45, 7) is 10.0. The Morgan fingerprint density at radius 1 is 1.29 bits per heavy atom. The Morgan fingerprint density at radius 2 is 2.10 bits per heavy atom. The predicted molar refractivity (Wildman–Crippen MR) is 128 cm³/mol. The van der Waals surface area contributed by atoms with Gasteiger partial charge in [0.05, 0.1) is 24.2 Å². The van der Waals surface area contributed by atoms with E-state index in [1.54, 1.807) is 6.26 Å². The topological polar surface area (TPSA) is 61.6 Å². The summed E-state index contributed by atoms with van der Waals surface area (Å²) in [5, 5.41) is 3.07. The SMILES string of the molecule is CCN(Cc1ccco1)c1cc(C)nc2c1NC(=O)CN2c1ccc(C(C)C)cc1Br. The summed E-state index contributed by atoms with van der Waals surface area (Å²) in [7, 11) is 0. The molecule has 0 bridgehead atoms. The van der Waals surface area contributed by atoms with Crippen LogP contribution >= 0.6 is 15.9 Å². The highest BCUT2D eigenvalue weighted by Gasteiger charge is 2.30. The van der Waals surface area contributed by atoms with E-state index in [4.69, 9.17) is 9.40 Å². The monoisotopic (exact) mass is 482 g/mol. The highest BCUT2D eigenvalue weighted by atomic mass is 79.9. The quantitative estimate of drug-likeness (QED) is 0.467. The summed E-state index contributed by atoms with van der Waals surface area (Å²) in [5.74, 6) is 1.99. The molecule has 4 rings (SSSR count). The molecule has 0 spiro atoms. The first-order chi connectivity index (χ1) is 14.9. The van der Waals surface area contributed by atoms with Crippen molar-refractivity contribution in [3.8, 4) is 0 Å². The average Bonchev–Trinajstić information content (AvgIpc) is 3.24. The summed E-state index contributed by atoms with van der Waals surface area (Å²) in [4.78, 5) is 21.7. The fourth-order valence-corrected chi connectivity index (χ4v) is 4.47. The van der Waals surface area contributed by atoms with Crippen LogP contribution in [-0.4, -0.2) is 24.0 Å². The standard InChI is InChI=1S/C24H27BrN4O2/c1-5-28(13-18-7-6-10-31-18)21-11-16(4)26-24-23(21)27-22(30)14-29(24)20-9-8-17(15(2)3)12-19(20)25/h6-12,15H,5,13-14H2,1-4H3,(H,27,30). The lowest BCUT2D eigenvalue weighted by Gasteiger charge is -2.34. The Morgan fingerprint density at radius 3 is 2.74 bits per heavy atom. The van der Waals surface area contributed by atoms with Crippen molar-refractivity contribution >= 4 is 44.7 Å². The lowest BCUT2D eigenvalue weighted by atomic mass is 10.0. The van der Waals surface area contributed by atoms with Gasteiger partial charge >= 0.3 is 0 Å². The molecular formula is C24H27BrN4O2. The zero-order chi connectivity index (χ0) is 22.1. The molecule has 31 heavy (non-hydrogen) atoms. The third-order valence-electron chi connectivity index (χ3n) is 5.51. The van der Waals surface area contributed by atoms with Crippen LogP contribution in [0, 0.1) is 6.92 Å². The second-order valence-electron chi connectivity index (χ2n) is 8.07. The molecule has 0 radical (unpaired) electrons. The Labute approximate surface area is 191 Å². The summed E-state index contributed by atoms with van der Waals surface area (Å²) in [5.41, 5.74) is 4.73. The van der Waals surface area contributed by atoms with Gasteiger partial charge in [-0.2, -0.15) is 0 Å². The summed E-state index contributed by atoms with van der Waals surface area (Å²) >= 11 is 3.72. The molecule has 1 N–H and O–H groups in total. The first kappa shape index (κ1) is 21.4. The smallest absolute Gasteiger partial charge is 0.244 e. The number of hydrogen-bond donors (Lipinski definition) is 1. The van der Waals surface area contributed by atoms with Gasteiger partial charge in [-0.3, -0.25) is 4.79 Å². The first-order valence-electron chi connectivity index (χ1n) is 10.5. The molecule has 0 unspecified atom stereocenters. The third kappa shape index (κ3) is 4.32. The molecular weight excluding hydrogens is 456 g/mol. The number of rotatable bonds is 6. The molecule has 6 nitrogen and oxygen atoms in total. The number of nitrogens with zero attached hydrogens (tertiary/aromatic N) is 3. The lowest BCUT2D eigenvalue weighted by Crippen LogP contribution is -2.37. The number of halogens is 1. The zero-order valence-corrected chi connectivity index (χ0v) is 19.9. The molecule has 1 amide bonds. The number of anilines is 4. The van der Waals surface area contributed by atoms with E-state index in [0.29, 0.717) is 12.5 Å². The van der Waals surface area contributed by atoms with Crippen molar-refractivity contribution in [2.24, 2.45) is 0 Å². The number of hydrogen-bond acceptors (Lipinski definition) is 5. The molecule has 0 saturated heterocycles. The second-order valence-corrected chi connectivity index (χ2v) is 8.93. The maximum absolute atomic E-state index is 12.7. The van der Waals surface area contributed by atoms with Crippen LogP contribution in [-0.2, 0) is 11.3 Å². The van der Waals surface area contributed by atoms with Crippen LogP contribution in [0.4, 0.5) is 22.9 Å². The van der Waals surface area contributed by atoms with Gasteiger partial charge in [-0.1, -0.05) is 19.9 Å². The van der Waals surface area contributed by atoms with Crippen molar-refractivity contribution in [3.63, 3.8) is 0 Å². The first-order valence-corrected chi connectivity index (χ1v) is 11.3. The maximum atomic E-state index is 12.7. The van der Waals surface area contributed by atoms with E-state index >= 15 is 0 Å². The lowest BCUT2D eigenvalue weighted by molar-refractivity contribution is -0.115. The Balaban J connectivity index is 1.80. The van der Waals surface area contributed by atoms with Crippen molar-refractivity contribution in [2.45, 2.75) is 40.2 Å². The largest absolute Gasteiger partial charge is 0.467 e. The van der Waals surface area contributed by atoms with Gasteiger partial charge in [-0.05, 0) is 71.6 Å². The summed E-state index contributed by atoms with van der Waals surface area (Å²) < 4.78 is 6.51. The number of pyridine rings is 1. The van der Waals surface area contributed by atoms with Crippen LogP contribution < -0.4 is 15.1 Å². The Bertz CT molecular complexity index is 1100.